The number of carbonyl (C=O) groups is 1. The van der Waals surface area contributed by atoms with Gasteiger partial charge < -0.3 is 14.5 Å². The molecule has 5 nitrogen and oxygen atoms in total. The molecule has 172 valence electrons. The van der Waals surface area contributed by atoms with Gasteiger partial charge in [0.2, 0.25) is 0 Å². The van der Waals surface area contributed by atoms with E-state index in [1.165, 1.54) is 23.0 Å². The average Bonchev–Trinajstić information content (AvgIpc) is 3.25. The molecular weight excluding hydrogens is 442 g/mol. The SMILES string of the molecule is Cc1ccc(COc2ccc(/C=C3\SC(N4CCN(c5ccccc5)CC4)=NC3=O)cc2)cc1. The number of aliphatic imine (C=N–C) groups is 1. The lowest BCUT2D eigenvalue weighted by Gasteiger charge is -2.36. The van der Waals surface area contributed by atoms with Gasteiger partial charge in [-0.3, -0.25) is 4.79 Å². The summed E-state index contributed by atoms with van der Waals surface area (Å²) in [5.74, 6) is 0.645. The Morgan fingerprint density at radius 1 is 0.882 bits per heavy atom. The maximum atomic E-state index is 12.5. The Kier molecular flexibility index (Phi) is 6.67. The van der Waals surface area contributed by atoms with Gasteiger partial charge in [-0.15, -0.1) is 0 Å². The lowest BCUT2D eigenvalue weighted by molar-refractivity contribution is -0.113. The highest BCUT2D eigenvalue weighted by molar-refractivity contribution is 8.18. The molecule has 0 aromatic heterocycles. The van der Waals surface area contributed by atoms with Crippen LogP contribution in [-0.2, 0) is 11.4 Å². The summed E-state index contributed by atoms with van der Waals surface area (Å²) < 4.78 is 5.89. The van der Waals surface area contributed by atoms with E-state index in [0.717, 1.165) is 48.2 Å². The summed E-state index contributed by atoms with van der Waals surface area (Å²) in [6, 6.07) is 26.6. The van der Waals surface area contributed by atoms with Gasteiger partial charge in [0.15, 0.2) is 5.17 Å². The molecule has 1 saturated heterocycles. The van der Waals surface area contributed by atoms with Gasteiger partial charge in [-0.2, -0.15) is 4.99 Å². The van der Waals surface area contributed by atoms with Crippen LogP contribution in [0.5, 0.6) is 5.75 Å². The van der Waals surface area contributed by atoms with Crippen LogP contribution in [0, 0.1) is 6.92 Å². The summed E-state index contributed by atoms with van der Waals surface area (Å²) in [5.41, 5.74) is 4.58. The predicted molar refractivity (Wildman–Crippen MR) is 140 cm³/mol. The van der Waals surface area contributed by atoms with E-state index >= 15 is 0 Å². The number of rotatable bonds is 5. The van der Waals surface area contributed by atoms with E-state index < -0.39 is 0 Å². The van der Waals surface area contributed by atoms with Gasteiger partial charge in [0, 0.05) is 31.9 Å². The summed E-state index contributed by atoms with van der Waals surface area (Å²) in [7, 11) is 0. The van der Waals surface area contributed by atoms with Crippen LogP contribution in [0.4, 0.5) is 5.69 Å². The Morgan fingerprint density at radius 2 is 1.56 bits per heavy atom. The molecule has 3 aromatic carbocycles. The monoisotopic (exact) mass is 469 g/mol. The minimum absolute atomic E-state index is 0.162. The normalized spacial score (nSPS) is 17.3. The van der Waals surface area contributed by atoms with Gasteiger partial charge in [-0.1, -0.05) is 60.2 Å². The van der Waals surface area contributed by atoms with Crippen molar-refractivity contribution >= 4 is 34.6 Å². The number of para-hydroxylation sites is 1. The Bertz CT molecular complexity index is 1200. The molecule has 0 spiro atoms. The number of amidine groups is 1. The van der Waals surface area contributed by atoms with Gasteiger partial charge in [0.1, 0.15) is 12.4 Å². The second-order valence-electron chi connectivity index (χ2n) is 8.46. The molecule has 3 aromatic rings. The highest BCUT2D eigenvalue weighted by Gasteiger charge is 2.28. The molecule has 0 saturated carbocycles. The van der Waals surface area contributed by atoms with E-state index in [1.54, 1.807) is 0 Å². The Hall–Kier alpha value is -3.51. The zero-order valence-corrected chi connectivity index (χ0v) is 20.0. The largest absolute Gasteiger partial charge is 0.489 e. The summed E-state index contributed by atoms with van der Waals surface area (Å²) in [4.78, 5) is 22.1. The quantitative estimate of drug-likeness (QED) is 0.471. The number of nitrogens with zero attached hydrogens (tertiary/aromatic N) is 3. The standard InChI is InChI=1S/C28H27N3O2S/c1-21-7-9-23(10-8-21)20-33-25-13-11-22(12-14-25)19-26-27(32)29-28(34-26)31-17-15-30(16-18-31)24-5-3-2-4-6-24/h2-14,19H,15-18,20H2,1H3/b26-19-. The third kappa shape index (κ3) is 5.34. The van der Waals surface area contributed by atoms with Crippen LogP contribution in [-0.4, -0.2) is 42.2 Å². The lowest BCUT2D eigenvalue weighted by Crippen LogP contribution is -2.47. The van der Waals surface area contributed by atoms with Gasteiger partial charge >= 0.3 is 0 Å². The molecule has 5 rings (SSSR count). The van der Waals surface area contributed by atoms with Gasteiger partial charge in [-0.25, -0.2) is 0 Å². The fourth-order valence-electron chi connectivity index (χ4n) is 3.99. The second-order valence-corrected chi connectivity index (χ2v) is 9.47. The maximum Gasteiger partial charge on any atom is 0.286 e. The number of ether oxygens (including phenoxy) is 1. The van der Waals surface area contributed by atoms with Crippen LogP contribution >= 0.6 is 11.8 Å². The Balaban J connectivity index is 1.15. The summed E-state index contributed by atoms with van der Waals surface area (Å²) in [5, 5.41) is 0.807. The molecule has 2 heterocycles. The number of hydrogen-bond acceptors (Lipinski definition) is 5. The molecule has 0 atom stereocenters. The smallest absolute Gasteiger partial charge is 0.286 e. The van der Waals surface area contributed by atoms with Crippen LogP contribution in [0.15, 0.2) is 88.8 Å². The minimum Gasteiger partial charge on any atom is -0.489 e. The van der Waals surface area contributed by atoms with E-state index in [4.69, 9.17) is 4.74 Å². The first-order valence-corrected chi connectivity index (χ1v) is 12.3. The Morgan fingerprint density at radius 3 is 2.26 bits per heavy atom. The van der Waals surface area contributed by atoms with Gasteiger partial charge in [0.25, 0.3) is 5.91 Å². The summed E-state index contributed by atoms with van der Waals surface area (Å²) in [6.07, 6.45) is 1.91. The van der Waals surface area contributed by atoms with Crippen molar-refractivity contribution in [3.05, 3.63) is 100 Å². The van der Waals surface area contributed by atoms with Gasteiger partial charge in [0.05, 0.1) is 4.91 Å². The highest BCUT2D eigenvalue weighted by atomic mass is 32.2. The zero-order valence-electron chi connectivity index (χ0n) is 19.2. The second kappa shape index (κ2) is 10.2. The molecule has 2 aliphatic heterocycles. The van der Waals surface area contributed by atoms with E-state index in [1.807, 2.05) is 36.4 Å². The Labute approximate surface area is 204 Å². The topological polar surface area (TPSA) is 45.1 Å². The first-order chi connectivity index (χ1) is 16.6. The molecular formula is C28H27N3O2S. The number of amides is 1. The predicted octanol–water partition coefficient (Wildman–Crippen LogP) is 5.37. The molecule has 34 heavy (non-hydrogen) atoms. The van der Waals surface area contributed by atoms with E-state index in [9.17, 15) is 4.79 Å². The van der Waals surface area contributed by atoms with Crippen LogP contribution in [0.3, 0.4) is 0 Å². The molecule has 1 amide bonds. The van der Waals surface area contributed by atoms with Crippen molar-refractivity contribution in [1.82, 2.24) is 4.90 Å². The number of anilines is 1. The fourth-order valence-corrected chi connectivity index (χ4v) is 4.96. The van der Waals surface area contributed by atoms with Crippen LogP contribution in [0.2, 0.25) is 0 Å². The van der Waals surface area contributed by atoms with Crippen molar-refractivity contribution in [3.63, 3.8) is 0 Å². The van der Waals surface area contributed by atoms with Crippen molar-refractivity contribution in [2.24, 2.45) is 4.99 Å². The molecule has 6 heteroatoms. The van der Waals surface area contributed by atoms with Crippen LogP contribution < -0.4 is 9.64 Å². The minimum atomic E-state index is -0.162. The number of thioether (sulfide) groups is 1. The first-order valence-electron chi connectivity index (χ1n) is 11.5. The zero-order chi connectivity index (χ0) is 23.3. The molecule has 0 unspecified atom stereocenters. The van der Waals surface area contributed by atoms with Crippen molar-refractivity contribution in [3.8, 4) is 5.75 Å². The molecule has 0 N–H and O–H groups in total. The van der Waals surface area contributed by atoms with Crippen molar-refractivity contribution in [2.75, 3.05) is 31.1 Å². The fraction of sp³-hybridized carbons (Fsp3) is 0.214. The molecule has 1 fully saturated rings. The molecule has 0 aliphatic carbocycles. The number of piperazine rings is 1. The lowest BCUT2D eigenvalue weighted by atomic mass is 10.1. The number of carbonyl (C=O) groups excluding carboxylic acids is 1. The first kappa shape index (κ1) is 22.3. The molecule has 0 radical (unpaired) electrons. The number of hydrogen-bond donors (Lipinski definition) is 0. The van der Waals surface area contributed by atoms with Crippen LogP contribution in [0.1, 0.15) is 16.7 Å². The van der Waals surface area contributed by atoms with Crippen molar-refractivity contribution < 1.29 is 9.53 Å². The average molecular weight is 470 g/mol. The van der Waals surface area contributed by atoms with Crippen molar-refractivity contribution in [2.45, 2.75) is 13.5 Å². The van der Waals surface area contributed by atoms with E-state index in [0.29, 0.717) is 11.5 Å². The van der Waals surface area contributed by atoms with E-state index in [2.05, 4.69) is 70.2 Å². The highest BCUT2D eigenvalue weighted by Crippen LogP contribution is 2.31. The van der Waals surface area contributed by atoms with Crippen LogP contribution in [0.25, 0.3) is 6.08 Å². The number of aryl methyl sites for hydroxylation is 1. The number of benzene rings is 3. The van der Waals surface area contributed by atoms with Gasteiger partial charge in [-0.05, 0) is 60.2 Å². The molecule has 2 aliphatic rings. The summed E-state index contributed by atoms with van der Waals surface area (Å²) >= 11 is 1.47. The third-order valence-corrected chi connectivity index (χ3v) is 7.03. The molecule has 0 bridgehead atoms. The third-order valence-electron chi connectivity index (χ3n) is 5.98. The maximum absolute atomic E-state index is 12.5. The van der Waals surface area contributed by atoms with Crippen molar-refractivity contribution in [1.29, 1.82) is 0 Å². The summed E-state index contributed by atoms with van der Waals surface area (Å²) in [6.45, 7) is 6.15. The van der Waals surface area contributed by atoms with E-state index in [-0.39, 0.29) is 5.91 Å².